The van der Waals surface area contributed by atoms with Crippen LogP contribution in [0.1, 0.15) is 5.56 Å². The predicted octanol–water partition coefficient (Wildman–Crippen LogP) is 2.32. The van der Waals surface area contributed by atoms with Crippen LogP contribution in [0.4, 0.5) is 5.69 Å². The summed E-state index contributed by atoms with van der Waals surface area (Å²) < 4.78 is 31.2. The molecule has 1 aromatic carbocycles. The molecule has 0 amide bonds. The molecule has 1 heterocycles. The Morgan fingerprint density at radius 2 is 2.10 bits per heavy atom. The lowest BCUT2D eigenvalue weighted by molar-refractivity contribution is -0.385. The third kappa shape index (κ3) is 3.16. The van der Waals surface area contributed by atoms with Crippen molar-refractivity contribution in [2.24, 2.45) is 0 Å². The lowest BCUT2D eigenvalue weighted by Gasteiger charge is -2.07. The van der Waals surface area contributed by atoms with Crippen molar-refractivity contribution in [2.45, 2.75) is 11.4 Å². The van der Waals surface area contributed by atoms with E-state index in [1.165, 1.54) is 18.6 Å². The standard InChI is InChI=1S/C11H9ClN2O5S/c12-10-2-1-9(14(15)16)5-11(10)20(17,18)13-6-8-3-4-19-7-8/h1-5,7,13H,6H2. The van der Waals surface area contributed by atoms with Gasteiger partial charge in [0.2, 0.25) is 10.0 Å². The normalized spacial score (nSPS) is 11.4. The number of benzene rings is 1. The maximum absolute atomic E-state index is 12.1. The molecule has 106 valence electrons. The van der Waals surface area contributed by atoms with Crippen LogP contribution in [0.3, 0.4) is 0 Å². The molecule has 1 aromatic heterocycles. The zero-order valence-electron chi connectivity index (χ0n) is 9.95. The minimum Gasteiger partial charge on any atom is -0.472 e. The monoisotopic (exact) mass is 316 g/mol. The van der Waals surface area contributed by atoms with Crippen LogP contribution in [0.5, 0.6) is 0 Å². The van der Waals surface area contributed by atoms with Gasteiger partial charge in [0.05, 0.1) is 22.5 Å². The van der Waals surface area contributed by atoms with Crippen LogP contribution in [0.15, 0.2) is 46.1 Å². The summed E-state index contributed by atoms with van der Waals surface area (Å²) >= 11 is 5.79. The Balaban J connectivity index is 2.28. The van der Waals surface area contributed by atoms with E-state index in [9.17, 15) is 18.5 Å². The minimum absolute atomic E-state index is 0.00213. The van der Waals surface area contributed by atoms with Crippen molar-refractivity contribution in [3.8, 4) is 0 Å². The van der Waals surface area contributed by atoms with Gasteiger partial charge in [-0.05, 0) is 12.1 Å². The van der Waals surface area contributed by atoms with Gasteiger partial charge in [-0.25, -0.2) is 13.1 Å². The summed E-state index contributed by atoms with van der Waals surface area (Å²) in [7, 11) is -3.95. The summed E-state index contributed by atoms with van der Waals surface area (Å²) in [6, 6.07) is 4.82. The zero-order valence-corrected chi connectivity index (χ0v) is 11.5. The number of sulfonamides is 1. The second-order valence-corrected chi connectivity index (χ2v) is 5.97. The average molecular weight is 317 g/mol. The zero-order chi connectivity index (χ0) is 14.8. The van der Waals surface area contributed by atoms with Gasteiger partial charge in [-0.1, -0.05) is 11.6 Å². The van der Waals surface area contributed by atoms with E-state index in [0.29, 0.717) is 5.56 Å². The molecule has 0 radical (unpaired) electrons. The molecule has 0 aliphatic carbocycles. The fourth-order valence-electron chi connectivity index (χ4n) is 1.46. The number of furan rings is 1. The van der Waals surface area contributed by atoms with Crippen molar-refractivity contribution in [1.29, 1.82) is 0 Å². The number of nitro benzene ring substituents is 1. The van der Waals surface area contributed by atoms with Gasteiger partial charge in [-0.2, -0.15) is 0 Å². The van der Waals surface area contributed by atoms with Crippen molar-refractivity contribution in [3.63, 3.8) is 0 Å². The molecule has 7 nitrogen and oxygen atoms in total. The highest BCUT2D eigenvalue weighted by atomic mass is 35.5. The molecular formula is C11H9ClN2O5S. The van der Waals surface area contributed by atoms with Gasteiger partial charge in [0, 0.05) is 24.2 Å². The quantitative estimate of drug-likeness (QED) is 0.673. The van der Waals surface area contributed by atoms with Crippen molar-refractivity contribution in [3.05, 3.63) is 57.5 Å². The van der Waals surface area contributed by atoms with E-state index in [4.69, 9.17) is 16.0 Å². The van der Waals surface area contributed by atoms with Crippen LogP contribution in [-0.4, -0.2) is 13.3 Å². The maximum Gasteiger partial charge on any atom is 0.270 e. The molecule has 0 fully saturated rings. The fraction of sp³-hybridized carbons (Fsp3) is 0.0909. The van der Waals surface area contributed by atoms with Gasteiger partial charge < -0.3 is 4.42 Å². The van der Waals surface area contributed by atoms with Gasteiger partial charge in [0.15, 0.2) is 0 Å². The number of nitro groups is 1. The Hall–Kier alpha value is -1.90. The fourth-order valence-corrected chi connectivity index (χ4v) is 3.00. The molecule has 9 heteroatoms. The lowest BCUT2D eigenvalue weighted by Crippen LogP contribution is -2.23. The van der Waals surface area contributed by atoms with E-state index < -0.39 is 14.9 Å². The van der Waals surface area contributed by atoms with Crippen LogP contribution < -0.4 is 4.72 Å². The van der Waals surface area contributed by atoms with Crippen LogP contribution in [0, 0.1) is 10.1 Å². The van der Waals surface area contributed by atoms with Gasteiger partial charge in [0.1, 0.15) is 4.90 Å². The van der Waals surface area contributed by atoms with Crippen molar-refractivity contribution < 1.29 is 17.8 Å². The summed E-state index contributed by atoms with van der Waals surface area (Å²) in [5.74, 6) is 0. The predicted molar refractivity (Wildman–Crippen MR) is 70.8 cm³/mol. The first kappa shape index (κ1) is 14.5. The lowest BCUT2D eigenvalue weighted by atomic mass is 10.3. The van der Waals surface area contributed by atoms with Crippen LogP contribution in [0.25, 0.3) is 0 Å². The van der Waals surface area contributed by atoms with Gasteiger partial charge in [0.25, 0.3) is 5.69 Å². The third-order valence-corrected chi connectivity index (χ3v) is 4.34. The molecule has 0 atom stereocenters. The molecule has 0 saturated carbocycles. The van der Waals surface area contributed by atoms with Crippen molar-refractivity contribution in [1.82, 2.24) is 4.72 Å². The molecule has 2 aromatic rings. The molecule has 1 N–H and O–H groups in total. The number of hydrogen-bond donors (Lipinski definition) is 1. The second kappa shape index (κ2) is 5.61. The molecule has 2 rings (SSSR count). The molecule has 0 spiro atoms. The first-order chi connectivity index (χ1) is 9.40. The summed E-state index contributed by atoms with van der Waals surface area (Å²) in [5, 5.41) is 10.6. The molecular weight excluding hydrogens is 308 g/mol. The van der Waals surface area contributed by atoms with Crippen LogP contribution in [0.2, 0.25) is 5.02 Å². The summed E-state index contributed by atoms with van der Waals surface area (Å²) in [6.07, 6.45) is 2.79. The number of hydrogen-bond acceptors (Lipinski definition) is 5. The highest BCUT2D eigenvalue weighted by molar-refractivity contribution is 7.89. The Morgan fingerprint density at radius 1 is 1.35 bits per heavy atom. The van der Waals surface area contributed by atoms with Crippen LogP contribution in [-0.2, 0) is 16.6 Å². The highest BCUT2D eigenvalue weighted by Gasteiger charge is 2.21. The first-order valence-electron chi connectivity index (χ1n) is 5.35. The van der Waals surface area contributed by atoms with E-state index in [0.717, 1.165) is 12.1 Å². The van der Waals surface area contributed by atoms with Crippen molar-refractivity contribution >= 4 is 27.3 Å². The number of non-ortho nitro benzene ring substituents is 1. The molecule has 0 bridgehead atoms. The molecule has 0 aliphatic rings. The molecule has 0 aliphatic heterocycles. The van der Waals surface area contributed by atoms with Gasteiger partial charge in [-0.15, -0.1) is 0 Å². The van der Waals surface area contributed by atoms with Crippen molar-refractivity contribution in [2.75, 3.05) is 0 Å². The Kier molecular flexibility index (Phi) is 4.07. The average Bonchev–Trinajstić information content (AvgIpc) is 2.89. The number of halogens is 1. The Morgan fingerprint density at radius 3 is 2.70 bits per heavy atom. The summed E-state index contributed by atoms with van der Waals surface area (Å²) in [4.78, 5) is 9.65. The smallest absolute Gasteiger partial charge is 0.270 e. The highest BCUT2D eigenvalue weighted by Crippen LogP contribution is 2.26. The molecule has 0 saturated heterocycles. The van der Waals surface area contributed by atoms with E-state index >= 15 is 0 Å². The maximum atomic E-state index is 12.1. The van der Waals surface area contributed by atoms with E-state index in [2.05, 4.69) is 4.72 Å². The number of nitrogens with one attached hydrogen (secondary N) is 1. The van der Waals surface area contributed by atoms with Crippen LogP contribution >= 0.6 is 11.6 Å². The topological polar surface area (TPSA) is 102 Å². The summed E-state index contributed by atoms with van der Waals surface area (Å²) in [6.45, 7) is -0.00213. The van der Waals surface area contributed by atoms with E-state index in [1.807, 2.05) is 0 Å². The molecule has 0 unspecified atom stereocenters. The number of nitrogens with zero attached hydrogens (tertiary/aromatic N) is 1. The third-order valence-electron chi connectivity index (χ3n) is 2.46. The Labute approximate surface area is 119 Å². The van der Waals surface area contributed by atoms with E-state index in [-0.39, 0.29) is 22.2 Å². The SMILES string of the molecule is O=[N+]([O-])c1ccc(Cl)c(S(=O)(=O)NCc2ccoc2)c1. The minimum atomic E-state index is -3.95. The first-order valence-corrected chi connectivity index (χ1v) is 7.21. The molecule has 20 heavy (non-hydrogen) atoms. The second-order valence-electron chi connectivity index (χ2n) is 3.83. The van der Waals surface area contributed by atoms with Gasteiger partial charge >= 0.3 is 0 Å². The number of rotatable bonds is 5. The largest absolute Gasteiger partial charge is 0.472 e. The van der Waals surface area contributed by atoms with E-state index in [1.54, 1.807) is 6.07 Å². The summed E-state index contributed by atoms with van der Waals surface area (Å²) in [5.41, 5.74) is 0.271. The Bertz CT molecular complexity index is 727. The van der Waals surface area contributed by atoms with Gasteiger partial charge in [-0.3, -0.25) is 10.1 Å².